The Morgan fingerprint density at radius 1 is 1.37 bits per heavy atom. The van der Waals surface area contributed by atoms with Crippen molar-refractivity contribution in [2.75, 3.05) is 6.54 Å². The van der Waals surface area contributed by atoms with Gasteiger partial charge in [0.25, 0.3) is 0 Å². The molecule has 1 amide bonds. The Bertz CT molecular complexity index is 452. The van der Waals surface area contributed by atoms with E-state index in [1.807, 2.05) is 16.9 Å². The zero-order valence-corrected chi connectivity index (χ0v) is 11.2. The van der Waals surface area contributed by atoms with Gasteiger partial charge in [-0.05, 0) is 37.7 Å². The van der Waals surface area contributed by atoms with Gasteiger partial charge < -0.3 is 4.90 Å². The predicted octanol–water partition coefficient (Wildman–Crippen LogP) is 2.23. The minimum atomic E-state index is 0.325. The van der Waals surface area contributed by atoms with E-state index in [9.17, 15) is 4.79 Å². The lowest BCUT2D eigenvalue weighted by atomic mass is 10.0. The lowest BCUT2D eigenvalue weighted by molar-refractivity contribution is -0.132. The summed E-state index contributed by atoms with van der Waals surface area (Å²) in [7, 11) is 0. The van der Waals surface area contributed by atoms with Crippen LogP contribution in [-0.4, -0.2) is 33.2 Å². The second kappa shape index (κ2) is 5.59. The molecule has 0 N–H and O–H groups in total. The average molecular weight is 259 g/mol. The highest BCUT2D eigenvalue weighted by Gasteiger charge is 2.30. The van der Waals surface area contributed by atoms with Crippen molar-refractivity contribution in [2.24, 2.45) is 5.92 Å². The highest BCUT2D eigenvalue weighted by Crippen LogP contribution is 2.25. The predicted molar refractivity (Wildman–Crippen MR) is 73.4 cm³/mol. The zero-order chi connectivity index (χ0) is 13.1. The molecule has 0 aromatic carbocycles. The number of carbonyl (C=O) groups excluding carboxylic acids is 1. The quantitative estimate of drug-likeness (QED) is 0.778. The number of rotatable bonds is 4. The largest absolute Gasteiger partial charge is 0.338 e. The Morgan fingerprint density at radius 3 is 3.05 bits per heavy atom. The minimum absolute atomic E-state index is 0.325. The fourth-order valence-corrected chi connectivity index (χ4v) is 3.19. The molecular weight excluding hydrogens is 238 g/mol. The molecule has 0 unspecified atom stereocenters. The van der Waals surface area contributed by atoms with Gasteiger partial charge in [0, 0.05) is 25.4 Å². The number of hydrogen-bond acceptors (Lipinski definition) is 2. The maximum Gasteiger partial charge on any atom is 0.223 e. The van der Waals surface area contributed by atoms with E-state index < -0.39 is 0 Å². The Labute approximate surface area is 114 Å². The normalized spacial score (nSPS) is 26.2. The number of carbonyl (C=O) groups is 1. The van der Waals surface area contributed by atoms with Gasteiger partial charge in [-0.3, -0.25) is 9.48 Å². The van der Waals surface area contributed by atoms with Gasteiger partial charge in [-0.15, -0.1) is 0 Å². The molecule has 1 saturated heterocycles. The van der Waals surface area contributed by atoms with Crippen LogP contribution in [0, 0.1) is 5.92 Å². The molecule has 1 aliphatic heterocycles. The van der Waals surface area contributed by atoms with Gasteiger partial charge in [0.05, 0.1) is 12.6 Å². The minimum Gasteiger partial charge on any atom is -0.338 e. The van der Waals surface area contributed by atoms with E-state index in [4.69, 9.17) is 0 Å². The Balaban J connectivity index is 1.58. The van der Waals surface area contributed by atoms with Gasteiger partial charge in [0.15, 0.2) is 0 Å². The fourth-order valence-electron chi connectivity index (χ4n) is 3.19. The van der Waals surface area contributed by atoms with Crippen LogP contribution in [0.4, 0.5) is 0 Å². The molecule has 1 aromatic heterocycles. The van der Waals surface area contributed by atoms with Gasteiger partial charge in [0.2, 0.25) is 5.91 Å². The summed E-state index contributed by atoms with van der Waals surface area (Å²) >= 11 is 0. The number of aromatic nitrogens is 2. The molecule has 0 spiro atoms. The summed E-state index contributed by atoms with van der Waals surface area (Å²) in [6, 6.07) is 2.27. The van der Waals surface area contributed by atoms with Crippen molar-refractivity contribution in [1.82, 2.24) is 14.7 Å². The number of nitrogens with zero attached hydrogens (tertiary/aromatic N) is 3. The number of amides is 1. The summed E-state index contributed by atoms with van der Waals surface area (Å²) in [5, 5.41) is 4.24. The number of allylic oxidation sites excluding steroid dienone is 2. The first-order valence-corrected chi connectivity index (χ1v) is 7.26. The highest BCUT2D eigenvalue weighted by molar-refractivity contribution is 5.77. The highest BCUT2D eigenvalue weighted by atomic mass is 16.2. The van der Waals surface area contributed by atoms with Crippen LogP contribution in [-0.2, 0) is 11.3 Å². The van der Waals surface area contributed by atoms with Crippen molar-refractivity contribution in [1.29, 1.82) is 0 Å². The van der Waals surface area contributed by atoms with Gasteiger partial charge in [-0.1, -0.05) is 12.2 Å². The Kier molecular flexibility index (Phi) is 3.67. The first-order valence-electron chi connectivity index (χ1n) is 7.26. The van der Waals surface area contributed by atoms with Crippen LogP contribution < -0.4 is 0 Å². The van der Waals surface area contributed by atoms with Gasteiger partial charge in [-0.25, -0.2) is 0 Å². The van der Waals surface area contributed by atoms with Crippen LogP contribution in [0.2, 0.25) is 0 Å². The maximum absolute atomic E-state index is 12.4. The van der Waals surface area contributed by atoms with Crippen molar-refractivity contribution in [3.63, 3.8) is 0 Å². The summed E-state index contributed by atoms with van der Waals surface area (Å²) in [5.41, 5.74) is 0. The molecule has 1 aromatic rings. The summed E-state index contributed by atoms with van der Waals surface area (Å²) in [4.78, 5) is 14.5. The van der Waals surface area contributed by atoms with E-state index in [1.165, 1.54) is 0 Å². The van der Waals surface area contributed by atoms with E-state index in [0.717, 1.165) is 38.8 Å². The molecule has 0 radical (unpaired) electrons. The van der Waals surface area contributed by atoms with E-state index in [0.29, 0.717) is 24.3 Å². The van der Waals surface area contributed by atoms with Gasteiger partial charge in [0.1, 0.15) is 0 Å². The molecule has 1 aliphatic carbocycles. The van der Waals surface area contributed by atoms with Crippen LogP contribution in [0.5, 0.6) is 0 Å². The number of likely N-dealkylation sites (tertiary alicyclic amines) is 1. The molecule has 4 nitrogen and oxygen atoms in total. The van der Waals surface area contributed by atoms with Crippen LogP contribution in [0.25, 0.3) is 0 Å². The third kappa shape index (κ3) is 2.88. The molecule has 102 valence electrons. The van der Waals surface area contributed by atoms with E-state index in [2.05, 4.69) is 22.2 Å². The summed E-state index contributed by atoms with van der Waals surface area (Å²) < 4.78 is 1.94. The van der Waals surface area contributed by atoms with Crippen LogP contribution in [0.1, 0.15) is 32.1 Å². The van der Waals surface area contributed by atoms with Gasteiger partial charge >= 0.3 is 0 Å². The van der Waals surface area contributed by atoms with Crippen molar-refractivity contribution < 1.29 is 4.79 Å². The third-order valence-electron chi connectivity index (χ3n) is 4.20. The Morgan fingerprint density at radius 2 is 2.32 bits per heavy atom. The van der Waals surface area contributed by atoms with Gasteiger partial charge in [-0.2, -0.15) is 5.10 Å². The Hall–Kier alpha value is -1.58. The zero-order valence-electron chi connectivity index (χ0n) is 11.2. The van der Waals surface area contributed by atoms with E-state index >= 15 is 0 Å². The van der Waals surface area contributed by atoms with E-state index in [-0.39, 0.29) is 0 Å². The van der Waals surface area contributed by atoms with Crippen LogP contribution in [0.15, 0.2) is 30.6 Å². The van der Waals surface area contributed by atoms with Crippen molar-refractivity contribution in [2.45, 2.75) is 44.7 Å². The SMILES string of the molecule is O=C(C[C@@H]1C=CCC1)N1CCC[C@H]1Cn1cccn1. The molecule has 4 heteroatoms. The molecule has 2 heterocycles. The maximum atomic E-state index is 12.4. The molecular formula is C15H21N3O. The standard InChI is InChI=1S/C15H21N3O/c19-15(11-13-5-1-2-6-13)18-10-3-7-14(18)12-17-9-4-8-16-17/h1,4-5,8-9,13-14H,2-3,6-7,10-12H2/t13-,14+/m1/s1. The second-order valence-corrected chi connectivity index (χ2v) is 5.58. The van der Waals surface area contributed by atoms with Crippen molar-refractivity contribution >= 4 is 5.91 Å². The smallest absolute Gasteiger partial charge is 0.223 e. The molecule has 3 rings (SSSR count). The average Bonchev–Trinajstić information content (AvgIpc) is 3.10. The molecule has 0 bridgehead atoms. The van der Waals surface area contributed by atoms with Crippen LogP contribution >= 0.6 is 0 Å². The molecule has 19 heavy (non-hydrogen) atoms. The fraction of sp³-hybridized carbons (Fsp3) is 0.600. The summed E-state index contributed by atoms with van der Waals surface area (Å²) in [6.07, 6.45) is 13.4. The molecule has 2 aliphatic rings. The monoisotopic (exact) mass is 259 g/mol. The third-order valence-corrected chi connectivity index (χ3v) is 4.20. The second-order valence-electron chi connectivity index (χ2n) is 5.58. The summed E-state index contributed by atoms with van der Waals surface area (Å²) in [5.74, 6) is 0.796. The first kappa shape index (κ1) is 12.5. The lowest BCUT2D eigenvalue weighted by Crippen LogP contribution is -2.38. The van der Waals surface area contributed by atoms with Crippen molar-refractivity contribution in [3.05, 3.63) is 30.6 Å². The first-order chi connectivity index (χ1) is 9.33. The summed E-state index contributed by atoms with van der Waals surface area (Å²) in [6.45, 7) is 1.75. The topological polar surface area (TPSA) is 38.1 Å². The van der Waals surface area contributed by atoms with E-state index in [1.54, 1.807) is 6.20 Å². The number of hydrogen-bond donors (Lipinski definition) is 0. The lowest BCUT2D eigenvalue weighted by Gasteiger charge is -2.25. The molecule has 2 atom stereocenters. The van der Waals surface area contributed by atoms with Crippen molar-refractivity contribution in [3.8, 4) is 0 Å². The van der Waals surface area contributed by atoms with Crippen LogP contribution in [0.3, 0.4) is 0 Å². The molecule has 0 saturated carbocycles. The molecule has 1 fully saturated rings.